The third-order valence-electron chi connectivity index (χ3n) is 1.94. The number of pyridine rings is 1. The monoisotopic (exact) mass is 206 g/mol. The first kappa shape index (κ1) is 9.45. The molecule has 6 nitrogen and oxygen atoms in total. The molecule has 0 aliphatic carbocycles. The van der Waals surface area contributed by atoms with Crippen LogP contribution in [0, 0.1) is 0 Å². The van der Waals surface area contributed by atoms with E-state index in [9.17, 15) is 0 Å². The third kappa shape index (κ3) is 2.22. The van der Waals surface area contributed by atoms with Gasteiger partial charge in [0.25, 0.3) is 12.1 Å². The van der Waals surface area contributed by atoms with Crippen LogP contribution >= 0.6 is 0 Å². The average Bonchev–Trinajstić information content (AvgIpc) is 2.66. The van der Waals surface area contributed by atoms with E-state index in [0.717, 1.165) is 5.69 Å². The Balaban J connectivity index is 2.07. The Kier molecular flexibility index (Phi) is 2.49. The second-order valence-corrected chi connectivity index (χ2v) is 3.16. The number of anilines is 1. The molecule has 2 aromatic rings. The molecule has 2 heterocycles. The van der Waals surface area contributed by atoms with Gasteiger partial charge in [-0.1, -0.05) is 6.07 Å². The summed E-state index contributed by atoms with van der Waals surface area (Å²) in [4.78, 5) is 5.74. The summed E-state index contributed by atoms with van der Waals surface area (Å²) in [5.41, 5.74) is 6.37. The number of nitrogens with zero attached hydrogens (tertiary/aromatic N) is 4. The molecule has 0 amide bonds. The fraction of sp³-hybridized carbons (Fsp3) is 0.222. The van der Waals surface area contributed by atoms with E-state index in [1.165, 1.54) is 4.79 Å². The van der Waals surface area contributed by atoms with Crippen molar-refractivity contribution in [3.8, 4) is 0 Å². The van der Waals surface area contributed by atoms with Gasteiger partial charge in [-0.2, -0.15) is 5.01 Å². The van der Waals surface area contributed by atoms with Crippen molar-refractivity contribution in [2.45, 2.75) is 6.54 Å². The Hall–Kier alpha value is -2.11. The average molecular weight is 206 g/mol. The topological polar surface area (TPSA) is 72.1 Å². The predicted octanol–water partition coefficient (Wildman–Crippen LogP) is -0.293. The lowest BCUT2D eigenvalue weighted by atomic mass is 10.3. The quantitative estimate of drug-likeness (QED) is 0.698. The van der Waals surface area contributed by atoms with Crippen molar-refractivity contribution in [1.29, 1.82) is 0 Å². The van der Waals surface area contributed by atoms with Crippen LogP contribution in [-0.2, 0) is 6.54 Å². The Morgan fingerprint density at radius 2 is 2.40 bits per heavy atom. The second-order valence-electron chi connectivity index (χ2n) is 3.16. The van der Waals surface area contributed by atoms with Gasteiger partial charge in [-0.05, 0) is 12.1 Å². The van der Waals surface area contributed by atoms with E-state index in [1.54, 1.807) is 12.4 Å². The van der Waals surface area contributed by atoms with Gasteiger partial charge in [0, 0.05) is 6.20 Å². The molecule has 15 heavy (non-hydrogen) atoms. The summed E-state index contributed by atoms with van der Waals surface area (Å²) in [7, 11) is 1.87. The van der Waals surface area contributed by atoms with Crippen LogP contribution in [0.2, 0.25) is 0 Å². The summed E-state index contributed by atoms with van der Waals surface area (Å²) in [6.07, 6.45) is 3.36. The zero-order valence-corrected chi connectivity index (χ0v) is 8.37. The first-order valence-electron chi connectivity index (χ1n) is 4.51. The van der Waals surface area contributed by atoms with Crippen molar-refractivity contribution < 1.29 is 9.31 Å². The van der Waals surface area contributed by atoms with E-state index in [0.29, 0.717) is 6.54 Å². The summed E-state index contributed by atoms with van der Waals surface area (Å²) in [6.45, 7) is 0.636. The Bertz CT molecular complexity index is 427. The van der Waals surface area contributed by atoms with Crippen LogP contribution in [-0.4, -0.2) is 17.3 Å². The maximum atomic E-state index is 5.42. The van der Waals surface area contributed by atoms with Gasteiger partial charge in [0.2, 0.25) is 5.27 Å². The van der Waals surface area contributed by atoms with E-state index >= 15 is 0 Å². The van der Waals surface area contributed by atoms with E-state index in [4.69, 9.17) is 10.3 Å². The van der Waals surface area contributed by atoms with Gasteiger partial charge in [0.05, 0.1) is 17.5 Å². The smallest absolute Gasteiger partial charge is 0.296 e. The second kappa shape index (κ2) is 3.95. The molecule has 0 radical (unpaired) electrons. The molecule has 0 saturated heterocycles. The molecule has 0 unspecified atom stereocenters. The Morgan fingerprint density at radius 1 is 1.53 bits per heavy atom. The molecular formula is C9H12N5O+. The summed E-state index contributed by atoms with van der Waals surface area (Å²) in [5, 5.41) is 5.56. The minimum atomic E-state index is 0.280. The molecule has 78 valence electrons. The fourth-order valence-electron chi connectivity index (χ4n) is 1.21. The van der Waals surface area contributed by atoms with E-state index in [-0.39, 0.29) is 5.88 Å². The van der Waals surface area contributed by atoms with Crippen LogP contribution in [0.4, 0.5) is 5.88 Å². The molecule has 2 aromatic heterocycles. The van der Waals surface area contributed by atoms with Gasteiger partial charge in [-0.15, -0.1) is 0 Å². The lowest BCUT2D eigenvalue weighted by molar-refractivity contribution is -0.757. The highest BCUT2D eigenvalue weighted by Gasteiger charge is 2.15. The molecule has 6 heteroatoms. The van der Waals surface area contributed by atoms with Gasteiger partial charge in [0.15, 0.2) is 0 Å². The number of hydrogen-bond donors (Lipinski definition) is 1. The molecule has 0 bridgehead atoms. The van der Waals surface area contributed by atoms with E-state index in [1.807, 2.05) is 30.3 Å². The minimum Gasteiger partial charge on any atom is -0.362 e. The zero-order chi connectivity index (χ0) is 10.7. The van der Waals surface area contributed by atoms with Gasteiger partial charge in [-0.25, -0.2) is 0 Å². The summed E-state index contributed by atoms with van der Waals surface area (Å²) in [5.74, 6) is 0.280. The van der Waals surface area contributed by atoms with Crippen molar-refractivity contribution in [1.82, 2.24) is 10.3 Å². The first-order chi connectivity index (χ1) is 7.25. The van der Waals surface area contributed by atoms with Crippen molar-refractivity contribution in [2.75, 3.05) is 17.8 Å². The lowest BCUT2D eigenvalue weighted by Gasteiger charge is -2.05. The molecular weight excluding hydrogens is 194 g/mol. The standard InChI is InChI=1S/C9H12N5O/c1-13(14-7-9(10)15-12-14)6-8-4-2-3-5-11-8/h2-5,7H,6,10H2,1H3/q+1. The number of rotatable bonds is 3. The maximum absolute atomic E-state index is 5.42. The molecule has 0 spiro atoms. The summed E-state index contributed by atoms with van der Waals surface area (Å²) >= 11 is 0. The predicted molar refractivity (Wildman–Crippen MR) is 53.2 cm³/mol. The van der Waals surface area contributed by atoms with Crippen molar-refractivity contribution >= 4 is 5.88 Å². The SMILES string of the molecule is CN(Cc1ccccn1)[n+]1cc(N)on1. The van der Waals surface area contributed by atoms with Crippen LogP contribution in [0.3, 0.4) is 0 Å². The van der Waals surface area contributed by atoms with Crippen LogP contribution in [0.15, 0.2) is 35.1 Å². The van der Waals surface area contributed by atoms with E-state index < -0.39 is 0 Å². The van der Waals surface area contributed by atoms with Crippen molar-refractivity contribution in [2.24, 2.45) is 0 Å². The summed E-state index contributed by atoms with van der Waals surface area (Å²) in [6, 6.07) is 5.77. The van der Waals surface area contributed by atoms with Crippen LogP contribution in [0.25, 0.3) is 0 Å². The lowest BCUT2D eigenvalue weighted by Crippen LogP contribution is -2.55. The number of hydrogen-bond acceptors (Lipinski definition) is 5. The van der Waals surface area contributed by atoms with Crippen molar-refractivity contribution in [3.05, 3.63) is 36.3 Å². The largest absolute Gasteiger partial charge is 0.362 e. The van der Waals surface area contributed by atoms with Crippen LogP contribution in [0.1, 0.15) is 5.69 Å². The Labute approximate surface area is 86.9 Å². The fourth-order valence-corrected chi connectivity index (χ4v) is 1.21. The first-order valence-corrected chi connectivity index (χ1v) is 4.51. The highest BCUT2D eigenvalue weighted by molar-refractivity contribution is 5.11. The Morgan fingerprint density at radius 3 is 3.00 bits per heavy atom. The number of aromatic nitrogens is 3. The minimum absolute atomic E-state index is 0.280. The molecule has 0 atom stereocenters. The number of nitrogen functional groups attached to an aromatic ring is 1. The molecule has 0 aliphatic rings. The third-order valence-corrected chi connectivity index (χ3v) is 1.94. The maximum Gasteiger partial charge on any atom is 0.296 e. The normalized spacial score (nSPS) is 10.2. The van der Waals surface area contributed by atoms with Crippen LogP contribution in [0.5, 0.6) is 0 Å². The highest BCUT2D eigenvalue weighted by atomic mass is 16.5. The van der Waals surface area contributed by atoms with Gasteiger partial charge in [0.1, 0.15) is 6.54 Å². The molecule has 2 rings (SSSR count). The van der Waals surface area contributed by atoms with E-state index in [2.05, 4.69) is 10.3 Å². The van der Waals surface area contributed by atoms with Gasteiger partial charge < -0.3 is 5.73 Å². The zero-order valence-electron chi connectivity index (χ0n) is 8.37. The number of nitrogens with two attached hydrogens (primary N) is 1. The molecule has 0 fully saturated rings. The molecule has 0 saturated carbocycles. The molecule has 0 aromatic carbocycles. The molecule has 2 N–H and O–H groups in total. The van der Waals surface area contributed by atoms with Crippen molar-refractivity contribution in [3.63, 3.8) is 0 Å². The van der Waals surface area contributed by atoms with Gasteiger partial charge >= 0.3 is 0 Å². The van der Waals surface area contributed by atoms with Crippen LogP contribution < -0.4 is 15.5 Å². The summed E-state index contributed by atoms with van der Waals surface area (Å²) < 4.78 is 4.75. The highest BCUT2D eigenvalue weighted by Crippen LogP contribution is 1.96. The van der Waals surface area contributed by atoms with Gasteiger partial charge in [-0.3, -0.25) is 9.51 Å². The molecule has 0 aliphatic heterocycles.